The first-order valence-corrected chi connectivity index (χ1v) is 10.2. The Morgan fingerprint density at radius 1 is 1.22 bits per heavy atom. The van der Waals surface area contributed by atoms with Crippen molar-refractivity contribution in [2.45, 2.75) is 12.1 Å². The third-order valence-electron chi connectivity index (χ3n) is 3.75. The first-order valence-electron chi connectivity index (χ1n) is 8.18. The summed E-state index contributed by atoms with van der Waals surface area (Å²) in [5.74, 6) is 0.420. The number of carbonyl (C=O) groups excluding carboxylic acids is 1. The summed E-state index contributed by atoms with van der Waals surface area (Å²) in [4.78, 5) is 29.6. The number of aromatic nitrogens is 2. The van der Waals surface area contributed by atoms with Crippen LogP contribution in [0.5, 0.6) is 5.75 Å². The molecule has 1 aromatic heterocycles. The number of nitrogens with zero attached hydrogens (tertiary/aromatic N) is 2. The predicted octanol–water partition coefficient (Wildman–Crippen LogP) is 3.65. The van der Waals surface area contributed by atoms with Gasteiger partial charge < -0.3 is 9.47 Å². The van der Waals surface area contributed by atoms with Crippen LogP contribution >= 0.6 is 34.4 Å². The van der Waals surface area contributed by atoms with Crippen LogP contribution in [0.4, 0.5) is 0 Å². The van der Waals surface area contributed by atoms with Gasteiger partial charge in [-0.05, 0) is 72.0 Å². The monoisotopic (exact) mass is 496 g/mol. The molecular weight excluding hydrogens is 479 g/mol. The normalized spacial score (nSPS) is 10.8. The highest BCUT2D eigenvalue weighted by atomic mass is 127. The molecule has 0 fully saturated rings. The molecule has 0 saturated carbocycles. The fourth-order valence-electron chi connectivity index (χ4n) is 2.52. The Labute approximate surface area is 174 Å². The van der Waals surface area contributed by atoms with Crippen LogP contribution in [0, 0.1) is 3.57 Å². The second kappa shape index (κ2) is 8.75. The highest BCUT2D eigenvalue weighted by Crippen LogP contribution is 2.23. The lowest BCUT2D eigenvalue weighted by molar-refractivity contribution is -0.139. The summed E-state index contributed by atoms with van der Waals surface area (Å²) in [6.07, 6.45) is 0. The molecule has 2 aromatic carbocycles. The van der Waals surface area contributed by atoms with Crippen LogP contribution in [0.2, 0.25) is 0 Å². The van der Waals surface area contributed by atoms with E-state index in [1.807, 2.05) is 18.2 Å². The number of ether oxygens (including phenoxy) is 2. The maximum atomic E-state index is 13.2. The number of esters is 1. The van der Waals surface area contributed by atoms with E-state index in [0.717, 1.165) is 3.57 Å². The molecule has 0 spiro atoms. The van der Waals surface area contributed by atoms with Gasteiger partial charge in [0.2, 0.25) is 0 Å². The van der Waals surface area contributed by atoms with Crippen molar-refractivity contribution in [2.24, 2.45) is 0 Å². The van der Waals surface area contributed by atoms with Gasteiger partial charge in [0.15, 0.2) is 5.16 Å². The molecule has 0 amide bonds. The van der Waals surface area contributed by atoms with Crippen LogP contribution in [0.15, 0.2) is 52.4 Å². The summed E-state index contributed by atoms with van der Waals surface area (Å²) in [7, 11) is 1.58. The first kappa shape index (κ1) is 19.7. The molecule has 0 aliphatic carbocycles. The molecule has 1 heterocycles. The zero-order valence-electron chi connectivity index (χ0n) is 14.8. The van der Waals surface area contributed by atoms with Crippen molar-refractivity contribution in [3.8, 4) is 11.4 Å². The lowest BCUT2D eigenvalue weighted by Gasteiger charge is -2.13. The number of methoxy groups -OCH3 is 1. The number of hydrogen-bond donors (Lipinski definition) is 0. The Morgan fingerprint density at radius 3 is 2.63 bits per heavy atom. The van der Waals surface area contributed by atoms with Gasteiger partial charge in [0.05, 0.1) is 36.1 Å². The van der Waals surface area contributed by atoms with E-state index < -0.39 is 0 Å². The van der Waals surface area contributed by atoms with Crippen LogP contribution in [-0.2, 0) is 9.53 Å². The predicted molar refractivity (Wildman–Crippen MR) is 114 cm³/mol. The molecule has 8 heteroatoms. The zero-order valence-corrected chi connectivity index (χ0v) is 17.7. The lowest BCUT2D eigenvalue weighted by Crippen LogP contribution is -2.22. The molecule has 6 nitrogen and oxygen atoms in total. The van der Waals surface area contributed by atoms with Gasteiger partial charge in [0.25, 0.3) is 5.56 Å². The molecule has 0 saturated heterocycles. The quantitative estimate of drug-likeness (QED) is 0.225. The van der Waals surface area contributed by atoms with Crippen LogP contribution in [0.1, 0.15) is 6.92 Å². The number of halogens is 1. The summed E-state index contributed by atoms with van der Waals surface area (Å²) >= 11 is 3.34. The summed E-state index contributed by atoms with van der Waals surface area (Å²) in [6.45, 7) is 2.07. The van der Waals surface area contributed by atoms with Gasteiger partial charge in [-0.2, -0.15) is 0 Å². The molecule has 0 unspecified atom stereocenters. The van der Waals surface area contributed by atoms with Crippen molar-refractivity contribution < 1.29 is 14.3 Å². The number of benzene rings is 2. The molecular formula is C19H17IN2O4S. The number of fused-ring (bicyclic) bond motifs is 1. The molecule has 3 aromatic rings. The minimum Gasteiger partial charge on any atom is -0.497 e. The van der Waals surface area contributed by atoms with Gasteiger partial charge >= 0.3 is 5.97 Å². The largest absolute Gasteiger partial charge is 0.497 e. The summed E-state index contributed by atoms with van der Waals surface area (Å²) < 4.78 is 12.6. The van der Waals surface area contributed by atoms with Gasteiger partial charge in [-0.3, -0.25) is 14.2 Å². The third-order valence-corrected chi connectivity index (χ3v) is 5.34. The maximum absolute atomic E-state index is 13.2. The highest BCUT2D eigenvalue weighted by Gasteiger charge is 2.15. The second-order valence-electron chi connectivity index (χ2n) is 5.49. The van der Waals surface area contributed by atoms with E-state index in [-0.39, 0.29) is 17.3 Å². The molecule has 0 atom stereocenters. The Bertz CT molecular complexity index is 1030. The van der Waals surface area contributed by atoms with E-state index in [1.165, 1.54) is 16.3 Å². The van der Waals surface area contributed by atoms with Crippen molar-refractivity contribution in [1.82, 2.24) is 9.55 Å². The van der Waals surface area contributed by atoms with Crippen LogP contribution in [0.25, 0.3) is 16.6 Å². The Morgan fingerprint density at radius 2 is 1.96 bits per heavy atom. The Balaban J connectivity index is 2.14. The fourth-order valence-corrected chi connectivity index (χ4v) is 3.82. The topological polar surface area (TPSA) is 70.4 Å². The van der Waals surface area contributed by atoms with E-state index in [1.54, 1.807) is 38.3 Å². The molecule has 0 bridgehead atoms. The van der Waals surface area contributed by atoms with Crippen molar-refractivity contribution in [3.05, 3.63) is 56.4 Å². The third kappa shape index (κ3) is 4.44. The van der Waals surface area contributed by atoms with Crippen molar-refractivity contribution >= 4 is 51.2 Å². The Kier molecular flexibility index (Phi) is 6.38. The highest BCUT2D eigenvalue weighted by molar-refractivity contribution is 14.1. The van der Waals surface area contributed by atoms with E-state index >= 15 is 0 Å². The van der Waals surface area contributed by atoms with E-state index in [4.69, 9.17) is 9.47 Å². The standard InChI is InChI=1S/C19H17IN2O4S/c1-3-26-17(23)11-27-19-21-16-9-4-12(20)10-15(16)18(24)22(19)13-5-7-14(25-2)8-6-13/h4-10H,3,11H2,1-2H3. The molecule has 0 radical (unpaired) electrons. The second-order valence-corrected chi connectivity index (χ2v) is 7.68. The van der Waals surface area contributed by atoms with Gasteiger partial charge in [-0.15, -0.1) is 0 Å². The van der Waals surface area contributed by atoms with E-state index in [9.17, 15) is 9.59 Å². The summed E-state index contributed by atoms with van der Waals surface area (Å²) in [5, 5.41) is 0.963. The van der Waals surface area contributed by atoms with Crippen LogP contribution < -0.4 is 10.3 Å². The smallest absolute Gasteiger partial charge is 0.316 e. The van der Waals surface area contributed by atoms with Crippen LogP contribution in [-0.4, -0.2) is 35.0 Å². The molecule has 0 aliphatic rings. The van der Waals surface area contributed by atoms with Crippen molar-refractivity contribution in [3.63, 3.8) is 0 Å². The first-order chi connectivity index (χ1) is 13.0. The SMILES string of the molecule is CCOC(=O)CSc1nc2ccc(I)cc2c(=O)n1-c1ccc(OC)cc1. The lowest BCUT2D eigenvalue weighted by atomic mass is 10.2. The van der Waals surface area contributed by atoms with Crippen molar-refractivity contribution in [1.29, 1.82) is 0 Å². The molecule has 3 rings (SSSR count). The molecule has 0 N–H and O–H groups in total. The number of hydrogen-bond acceptors (Lipinski definition) is 6. The van der Waals surface area contributed by atoms with E-state index in [2.05, 4.69) is 27.6 Å². The Hall–Kier alpha value is -2.07. The minimum absolute atomic E-state index is 0.0757. The minimum atomic E-state index is -0.347. The van der Waals surface area contributed by atoms with E-state index in [0.29, 0.717) is 34.1 Å². The number of carbonyl (C=O) groups is 1. The van der Waals surface area contributed by atoms with Crippen molar-refractivity contribution in [2.75, 3.05) is 19.5 Å². The van der Waals surface area contributed by atoms with Gasteiger partial charge in [0, 0.05) is 3.57 Å². The van der Waals surface area contributed by atoms with Gasteiger partial charge in [-0.25, -0.2) is 4.98 Å². The average Bonchev–Trinajstić information content (AvgIpc) is 2.67. The molecule has 27 heavy (non-hydrogen) atoms. The number of rotatable bonds is 6. The summed E-state index contributed by atoms with van der Waals surface area (Å²) in [5.41, 5.74) is 1.06. The average molecular weight is 496 g/mol. The fraction of sp³-hybridized carbons (Fsp3) is 0.211. The summed E-state index contributed by atoms with van der Waals surface area (Å²) in [6, 6.07) is 12.6. The van der Waals surface area contributed by atoms with Gasteiger partial charge in [-0.1, -0.05) is 11.8 Å². The van der Waals surface area contributed by atoms with Gasteiger partial charge in [0.1, 0.15) is 5.75 Å². The zero-order chi connectivity index (χ0) is 19.4. The molecule has 0 aliphatic heterocycles. The maximum Gasteiger partial charge on any atom is 0.316 e. The number of thioether (sulfide) groups is 1. The van der Waals surface area contributed by atoms with Crippen LogP contribution in [0.3, 0.4) is 0 Å². The molecule has 140 valence electrons.